The molecule has 0 amide bonds. The van der Waals surface area contributed by atoms with E-state index in [0.29, 0.717) is 37.8 Å². The first-order chi connectivity index (χ1) is 6.68. The number of rotatable bonds is 9. The smallest absolute Gasteiger partial charge is 0.308 e. The van der Waals surface area contributed by atoms with Crippen molar-refractivity contribution in [1.29, 1.82) is 0 Å². The van der Waals surface area contributed by atoms with Gasteiger partial charge in [0.15, 0.2) is 0 Å². The summed E-state index contributed by atoms with van der Waals surface area (Å²) in [4.78, 5) is 0. The molecule has 0 heterocycles. The fourth-order valence-corrected chi connectivity index (χ4v) is 2.28. The minimum atomic E-state index is -3.11. The summed E-state index contributed by atoms with van der Waals surface area (Å²) < 4.78 is 21.7. The third-order valence-electron chi connectivity index (χ3n) is 1.28. The molecule has 0 aromatic carbocycles. The summed E-state index contributed by atoms with van der Waals surface area (Å²) in [6, 6.07) is 0. The van der Waals surface area contributed by atoms with Gasteiger partial charge in [-0.3, -0.25) is 4.57 Å². The Morgan fingerprint density at radius 3 is 1.64 bits per heavy atom. The predicted octanol–water partition coefficient (Wildman–Crippen LogP) is 3.67. The third-order valence-corrected chi connectivity index (χ3v) is 4.14. The van der Waals surface area contributed by atoms with Crippen LogP contribution in [-0.2, 0) is 13.6 Å². The molecule has 7 heteroatoms. The molecule has 0 radical (unpaired) electrons. The first-order valence-electron chi connectivity index (χ1n) is 4.24. The predicted molar refractivity (Wildman–Crippen MR) is 60.9 cm³/mol. The van der Waals surface area contributed by atoms with Crippen LogP contribution >= 0.6 is 42.4 Å². The van der Waals surface area contributed by atoms with Crippen LogP contribution in [0.5, 0.6) is 0 Å². The molecular formula is C7H14Cl3O3P. The van der Waals surface area contributed by atoms with Crippen LogP contribution in [0, 0.1) is 0 Å². The van der Waals surface area contributed by atoms with Crippen LogP contribution < -0.4 is 0 Å². The highest BCUT2D eigenvalue weighted by atomic mass is 35.5. The standard InChI is InChI=1S/C7H14Cl3O3P/c8-3-1-5-12-14(11,7-10)13-6-2-4-9/h1-7H2. The highest BCUT2D eigenvalue weighted by molar-refractivity contribution is 7.55. The Bertz CT molecular complexity index is 166. The molecule has 0 aromatic rings. The maximum Gasteiger partial charge on any atom is 0.345 e. The van der Waals surface area contributed by atoms with Crippen LogP contribution in [-0.4, -0.2) is 30.6 Å². The lowest BCUT2D eigenvalue weighted by Crippen LogP contribution is -2.01. The van der Waals surface area contributed by atoms with Crippen molar-refractivity contribution in [2.24, 2.45) is 0 Å². The van der Waals surface area contributed by atoms with Gasteiger partial charge >= 0.3 is 7.60 Å². The maximum atomic E-state index is 11.7. The van der Waals surface area contributed by atoms with E-state index < -0.39 is 7.60 Å². The molecule has 0 aliphatic rings. The minimum Gasteiger partial charge on any atom is -0.308 e. The molecule has 0 rings (SSSR count). The maximum absolute atomic E-state index is 11.7. The van der Waals surface area contributed by atoms with Gasteiger partial charge in [0.25, 0.3) is 0 Å². The summed E-state index contributed by atoms with van der Waals surface area (Å²) in [5, 5.41) is 0. The van der Waals surface area contributed by atoms with Crippen molar-refractivity contribution in [2.45, 2.75) is 12.8 Å². The summed E-state index contributed by atoms with van der Waals surface area (Å²) in [5.41, 5.74) is -0.141. The first-order valence-corrected chi connectivity index (χ1v) is 7.57. The Morgan fingerprint density at radius 2 is 1.36 bits per heavy atom. The van der Waals surface area contributed by atoms with Crippen molar-refractivity contribution in [3.05, 3.63) is 0 Å². The average Bonchev–Trinajstić information content (AvgIpc) is 2.19. The van der Waals surface area contributed by atoms with E-state index in [4.69, 9.17) is 43.9 Å². The van der Waals surface area contributed by atoms with E-state index >= 15 is 0 Å². The molecule has 0 aliphatic carbocycles. The molecule has 0 spiro atoms. The molecule has 14 heavy (non-hydrogen) atoms. The monoisotopic (exact) mass is 282 g/mol. The first kappa shape index (κ1) is 15.0. The van der Waals surface area contributed by atoms with Crippen molar-refractivity contribution in [2.75, 3.05) is 30.6 Å². The van der Waals surface area contributed by atoms with Gasteiger partial charge in [0.1, 0.15) is 5.62 Å². The van der Waals surface area contributed by atoms with Gasteiger partial charge in [-0.15, -0.1) is 34.8 Å². The summed E-state index contributed by atoms with van der Waals surface area (Å²) in [6.07, 6.45) is 1.25. The molecule has 0 saturated carbocycles. The van der Waals surface area contributed by atoms with Crippen LogP contribution in [0.3, 0.4) is 0 Å². The number of hydrogen-bond donors (Lipinski definition) is 0. The molecule has 0 N–H and O–H groups in total. The van der Waals surface area contributed by atoms with Crippen molar-refractivity contribution < 1.29 is 13.6 Å². The molecule has 0 aromatic heterocycles. The number of halogens is 3. The molecular weight excluding hydrogens is 269 g/mol. The van der Waals surface area contributed by atoms with Crippen LogP contribution in [0.4, 0.5) is 0 Å². The molecule has 0 unspecified atom stereocenters. The largest absolute Gasteiger partial charge is 0.345 e. The van der Waals surface area contributed by atoms with E-state index in [0.717, 1.165) is 0 Å². The lowest BCUT2D eigenvalue weighted by molar-refractivity contribution is 0.208. The summed E-state index contributed by atoms with van der Waals surface area (Å²) in [5.74, 6) is 0.925. The quantitative estimate of drug-likeness (QED) is 0.368. The zero-order valence-electron chi connectivity index (χ0n) is 7.76. The zero-order chi connectivity index (χ0) is 10.9. The highest BCUT2D eigenvalue weighted by Crippen LogP contribution is 2.49. The van der Waals surface area contributed by atoms with Crippen molar-refractivity contribution in [1.82, 2.24) is 0 Å². The lowest BCUT2D eigenvalue weighted by Gasteiger charge is -2.15. The van der Waals surface area contributed by atoms with Crippen molar-refractivity contribution >= 4 is 42.4 Å². The van der Waals surface area contributed by atoms with Gasteiger partial charge in [0, 0.05) is 11.8 Å². The van der Waals surface area contributed by atoms with Crippen molar-refractivity contribution in [3.63, 3.8) is 0 Å². The van der Waals surface area contributed by atoms with Gasteiger partial charge in [0.2, 0.25) is 0 Å². The van der Waals surface area contributed by atoms with E-state index in [1.165, 1.54) is 0 Å². The second-order valence-corrected chi connectivity index (χ2v) is 5.93. The minimum absolute atomic E-state index is 0.141. The van der Waals surface area contributed by atoms with Crippen LogP contribution in [0.2, 0.25) is 0 Å². The number of hydrogen-bond acceptors (Lipinski definition) is 3. The van der Waals surface area contributed by atoms with Crippen LogP contribution in [0.25, 0.3) is 0 Å². The molecule has 0 aliphatic heterocycles. The SMILES string of the molecule is O=P(CCl)(OCCCCl)OCCCCl. The summed E-state index contributed by atoms with van der Waals surface area (Å²) in [6.45, 7) is 0.600. The number of alkyl halides is 3. The van der Waals surface area contributed by atoms with Crippen LogP contribution in [0.15, 0.2) is 0 Å². The molecule has 0 atom stereocenters. The van der Waals surface area contributed by atoms with Gasteiger partial charge in [0.05, 0.1) is 13.2 Å². The van der Waals surface area contributed by atoms with E-state index in [9.17, 15) is 4.57 Å². The topological polar surface area (TPSA) is 35.5 Å². The Morgan fingerprint density at radius 1 is 0.929 bits per heavy atom. The fourth-order valence-electron chi connectivity index (χ4n) is 0.623. The van der Waals surface area contributed by atoms with Crippen LogP contribution in [0.1, 0.15) is 12.8 Å². The van der Waals surface area contributed by atoms with Gasteiger partial charge in [-0.25, -0.2) is 0 Å². The van der Waals surface area contributed by atoms with E-state index in [1.807, 2.05) is 0 Å². The molecule has 0 bridgehead atoms. The van der Waals surface area contributed by atoms with Gasteiger partial charge in [-0.1, -0.05) is 0 Å². The Kier molecular flexibility index (Phi) is 9.94. The normalized spacial score (nSPS) is 11.9. The molecule has 0 fully saturated rings. The summed E-state index contributed by atoms with van der Waals surface area (Å²) >= 11 is 16.4. The molecule has 3 nitrogen and oxygen atoms in total. The van der Waals surface area contributed by atoms with E-state index in [1.54, 1.807) is 0 Å². The van der Waals surface area contributed by atoms with Gasteiger partial charge in [-0.2, -0.15) is 0 Å². The van der Waals surface area contributed by atoms with E-state index in [2.05, 4.69) is 0 Å². The highest BCUT2D eigenvalue weighted by Gasteiger charge is 2.22. The van der Waals surface area contributed by atoms with Gasteiger partial charge in [-0.05, 0) is 12.8 Å². The molecule has 0 saturated heterocycles. The fraction of sp³-hybridized carbons (Fsp3) is 1.00. The third kappa shape index (κ3) is 7.33. The Labute approximate surface area is 99.5 Å². The average molecular weight is 284 g/mol. The summed E-state index contributed by atoms with van der Waals surface area (Å²) in [7, 11) is -3.11. The zero-order valence-corrected chi connectivity index (χ0v) is 10.9. The Balaban J connectivity index is 3.74. The second kappa shape index (κ2) is 9.26. The Hall–Kier alpha value is 1.02. The van der Waals surface area contributed by atoms with Crippen molar-refractivity contribution in [3.8, 4) is 0 Å². The second-order valence-electron chi connectivity index (χ2n) is 2.48. The van der Waals surface area contributed by atoms with Gasteiger partial charge < -0.3 is 9.05 Å². The van der Waals surface area contributed by atoms with E-state index in [-0.39, 0.29) is 5.62 Å². The molecule has 86 valence electrons. The lowest BCUT2D eigenvalue weighted by atomic mass is 10.5.